The molecule has 4 aromatic rings. The number of hydrogen-bond acceptors (Lipinski definition) is 3. The van der Waals surface area contributed by atoms with Gasteiger partial charge in [-0.2, -0.15) is 0 Å². The van der Waals surface area contributed by atoms with Gasteiger partial charge in [0.25, 0.3) is 0 Å². The minimum Gasteiger partial charge on any atom is -0.496 e. The summed E-state index contributed by atoms with van der Waals surface area (Å²) in [4.78, 5) is 4.90. The Balaban J connectivity index is 0.00000267. The standard InChI is InChI=1S/C32H29N2O.Ru/c1-20-17-18-28-26-13-7-6-11-24(26)25-12-8-9-14-27(25)30-19-33(23(4)34(30)32(28)21(20)2)29-15-10-16-31(35-5)22(29)3;/h6-12,14-19,23H,1-5H3;/q-1;+1/t23-;/m1./s1. The summed E-state index contributed by atoms with van der Waals surface area (Å²) in [5.41, 5.74) is 13.4. The molecule has 3 nitrogen and oxygen atoms in total. The summed E-state index contributed by atoms with van der Waals surface area (Å²) in [5, 5.41) is 0. The molecule has 0 N–H and O–H groups in total. The fourth-order valence-corrected chi connectivity index (χ4v) is 5.65. The van der Waals surface area contributed by atoms with Crippen LogP contribution in [0.2, 0.25) is 0 Å². The summed E-state index contributed by atoms with van der Waals surface area (Å²) in [6.07, 6.45) is 2.39. The molecule has 2 heterocycles. The van der Waals surface area contributed by atoms with Crippen molar-refractivity contribution in [2.24, 2.45) is 0 Å². The average molecular weight is 559 g/mol. The van der Waals surface area contributed by atoms with E-state index in [0.29, 0.717) is 0 Å². The van der Waals surface area contributed by atoms with Crippen LogP contribution in [0.5, 0.6) is 5.75 Å². The number of fused-ring (bicyclic) bond motifs is 8. The first-order valence-electron chi connectivity index (χ1n) is 12.1. The zero-order valence-electron chi connectivity index (χ0n) is 21.2. The summed E-state index contributed by atoms with van der Waals surface area (Å²) >= 11 is 0. The van der Waals surface area contributed by atoms with E-state index in [1.165, 1.54) is 44.8 Å². The van der Waals surface area contributed by atoms with Crippen molar-refractivity contribution in [2.45, 2.75) is 33.9 Å². The molecule has 0 bridgehead atoms. The van der Waals surface area contributed by atoms with Crippen LogP contribution in [0.3, 0.4) is 0 Å². The van der Waals surface area contributed by atoms with Crippen molar-refractivity contribution in [3.8, 4) is 28.0 Å². The van der Waals surface area contributed by atoms with E-state index in [4.69, 9.17) is 4.74 Å². The van der Waals surface area contributed by atoms with Crippen molar-refractivity contribution in [1.82, 2.24) is 0 Å². The molecule has 0 aromatic heterocycles. The quantitative estimate of drug-likeness (QED) is 0.185. The Hall–Kier alpha value is -3.36. The van der Waals surface area contributed by atoms with Gasteiger partial charge in [0, 0.05) is 23.1 Å². The number of benzene rings is 4. The van der Waals surface area contributed by atoms with Gasteiger partial charge in [0.1, 0.15) is 11.9 Å². The number of hydrogen-bond donors (Lipinski definition) is 0. The third-order valence-electron chi connectivity index (χ3n) is 7.61. The van der Waals surface area contributed by atoms with Crippen molar-refractivity contribution < 1.29 is 24.2 Å². The van der Waals surface area contributed by atoms with Crippen LogP contribution in [0, 0.1) is 26.8 Å². The van der Waals surface area contributed by atoms with E-state index in [9.17, 15) is 0 Å². The molecule has 2 aliphatic rings. The molecule has 4 aromatic carbocycles. The van der Waals surface area contributed by atoms with Crippen LogP contribution in [0.1, 0.15) is 29.2 Å². The minimum absolute atomic E-state index is 0. The monoisotopic (exact) mass is 559 g/mol. The van der Waals surface area contributed by atoms with Gasteiger partial charge in [-0.15, -0.1) is 35.4 Å². The van der Waals surface area contributed by atoms with Crippen LogP contribution < -0.4 is 14.5 Å². The molecule has 0 saturated heterocycles. The molecular weight excluding hydrogens is 529 g/mol. The van der Waals surface area contributed by atoms with Crippen LogP contribution >= 0.6 is 0 Å². The summed E-state index contributed by atoms with van der Waals surface area (Å²) in [6, 6.07) is 29.5. The molecule has 0 aliphatic carbocycles. The number of ether oxygens (including phenoxy) is 1. The Labute approximate surface area is 226 Å². The predicted octanol–water partition coefficient (Wildman–Crippen LogP) is 7.74. The smallest absolute Gasteiger partial charge is 0.496 e. The second kappa shape index (κ2) is 9.26. The van der Waals surface area contributed by atoms with E-state index >= 15 is 0 Å². The number of aryl methyl sites for hydroxylation is 1. The molecule has 0 unspecified atom stereocenters. The van der Waals surface area contributed by atoms with Crippen LogP contribution in [0.15, 0.2) is 79.0 Å². The van der Waals surface area contributed by atoms with Gasteiger partial charge >= 0.3 is 19.5 Å². The van der Waals surface area contributed by atoms with E-state index in [0.717, 1.165) is 22.6 Å². The third kappa shape index (κ3) is 3.51. The molecule has 1 radical (unpaired) electrons. The zero-order valence-corrected chi connectivity index (χ0v) is 23.0. The van der Waals surface area contributed by atoms with Crippen molar-refractivity contribution in [3.63, 3.8) is 0 Å². The maximum absolute atomic E-state index is 5.66. The molecule has 0 amide bonds. The van der Waals surface area contributed by atoms with Crippen LogP contribution in [0.4, 0.5) is 11.4 Å². The SMILES string of the molecule is COc1cccc(N2C=C3c4ccccc4-c4ccc[c-]c4-c4ccc(C)c(C)c4N3[C@@H]2C)c1C.[Ru+]. The molecular formula is C32H29N2ORu. The topological polar surface area (TPSA) is 15.7 Å². The van der Waals surface area contributed by atoms with Gasteiger partial charge in [-0.3, -0.25) is 0 Å². The zero-order chi connectivity index (χ0) is 24.3. The van der Waals surface area contributed by atoms with Gasteiger partial charge in [-0.05, 0) is 56.5 Å². The van der Waals surface area contributed by atoms with Gasteiger partial charge in [0.2, 0.25) is 0 Å². The van der Waals surface area contributed by atoms with Crippen molar-refractivity contribution in [2.75, 3.05) is 16.9 Å². The van der Waals surface area contributed by atoms with Crippen molar-refractivity contribution in [1.29, 1.82) is 0 Å². The van der Waals surface area contributed by atoms with Crippen LogP contribution in [0.25, 0.3) is 28.0 Å². The predicted molar refractivity (Wildman–Crippen MR) is 146 cm³/mol. The summed E-state index contributed by atoms with van der Waals surface area (Å²) in [7, 11) is 1.74. The number of methoxy groups -OCH3 is 1. The first-order chi connectivity index (χ1) is 17.0. The molecule has 2 aliphatic heterocycles. The maximum Gasteiger partial charge on any atom is 1.00 e. The van der Waals surface area contributed by atoms with E-state index < -0.39 is 0 Å². The molecule has 0 spiro atoms. The molecule has 1 atom stereocenters. The van der Waals surface area contributed by atoms with Gasteiger partial charge in [-0.1, -0.05) is 53.6 Å². The molecule has 4 heteroatoms. The van der Waals surface area contributed by atoms with Crippen molar-refractivity contribution >= 4 is 17.1 Å². The Morgan fingerprint density at radius 1 is 0.778 bits per heavy atom. The minimum atomic E-state index is 0. The molecule has 6 rings (SSSR count). The first kappa shape index (κ1) is 24.3. The first-order valence-corrected chi connectivity index (χ1v) is 12.1. The van der Waals surface area contributed by atoms with Gasteiger partial charge in [0.15, 0.2) is 0 Å². The molecule has 0 saturated carbocycles. The fraction of sp³-hybridized carbons (Fsp3) is 0.188. The van der Waals surface area contributed by atoms with Crippen molar-refractivity contribution in [3.05, 3.63) is 107 Å². The second-order valence-corrected chi connectivity index (χ2v) is 9.44. The maximum atomic E-state index is 5.66. The van der Waals surface area contributed by atoms with Gasteiger partial charge in [0.05, 0.1) is 12.8 Å². The van der Waals surface area contributed by atoms with E-state index in [1.54, 1.807) is 7.11 Å². The number of nitrogens with zero attached hydrogens (tertiary/aromatic N) is 2. The van der Waals surface area contributed by atoms with E-state index in [1.807, 2.05) is 12.1 Å². The van der Waals surface area contributed by atoms with E-state index in [-0.39, 0.29) is 25.6 Å². The Morgan fingerprint density at radius 2 is 1.53 bits per heavy atom. The number of anilines is 2. The Bertz CT molecular complexity index is 1510. The summed E-state index contributed by atoms with van der Waals surface area (Å²) in [5.74, 6) is 0.905. The largest absolute Gasteiger partial charge is 1.00 e. The molecule has 0 fully saturated rings. The molecule has 36 heavy (non-hydrogen) atoms. The van der Waals surface area contributed by atoms with E-state index in [2.05, 4.69) is 110 Å². The van der Waals surface area contributed by atoms with Gasteiger partial charge in [-0.25, -0.2) is 0 Å². The Morgan fingerprint density at radius 3 is 2.31 bits per heavy atom. The Kier molecular flexibility index (Phi) is 6.26. The molecule has 181 valence electrons. The normalized spacial score (nSPS) is 15.5. The second-order valence-electron chi connectivity index (χ2n) is 9.44. The van der Waals surface area contributed by atoms with Gasteiger partial charge < -0.3 is 14.5 Å². The summed E-state index contributed by atoms with van der Waals surface area (Å²) in [6.45, 7) is 8.87. The fourth-order valence-electron chi connectivity index (χ4n) is 5.65. The van der Waals surface area contributed by atoms with Crippen LogP contribution in [-0.4, -0.2) is 13.3 Å². The van der Waals surface area contributed by atoms with Crippen LogP contribution in [-0.2, 0) is 19.5 Å². The third-order valence-corrected chi connectivity index (χ3v) is 7.61. The average Bonchev–Trinajstić information content (AvgIpc) is 3.21. The number of rotatable bonds is 2. The summed E-state index contributed by atoms with van der Waals surface area (Å²) < 4.78 is 5.66.